The summed E-state index contributed by atoms with van der Waals surface area (Å²) in [6, 6.07) is 6.25. The highest BCUT2D eigenvalue weighted by molar-refractivity contribution is 5.78. The normalized spacial score (nSPS) is 22.8. The van der Waals surface area contributed by atoms with E-state index in [2.05, 4.69) is 30.1 Å². The molecule has 3 nitrogen and oxygen atoms in total. The van der Waals surface area contributed by atoms with Gasteiger partial charge >= 0.3 is 0 Å². The maximum absolute atomic E-state index is 5.81. The predicted molar refractivity (Wildman–Crippen MR) is 88.2 cm³/mol. The minimum Gasteiger partial charge on any atom is -0.342 e. The Balaban J connectivity index is 1.71. The SMILES string of the molecule is CCCCC1CCC(c2nc3c(CN)cccc3[nH]2)CC1. The first kappa shape index (κ1) is 14.6. The van der Waals surface area contributed by atoms with Crippen LogP contribution in [0.25, 0.3) is 11.0 Å². The number of nitrogens with one attached hydrogen (secondary N) is 1. The van der Waals surface area contributed by atoms with Crippen LogP contribution in [0.3, 0.4) is 0 Å². The first-order valence-corrected chi connectivity index (χ1v) is 8.49. The van der Waals surface area contributed by atoms with Crippen LogP contribution in [0.15, 0.2) is 18.2 Å². The molecule has 0 radical (unpaired) electrons. The second-order valence-electron chi connectivity index (χ2n) is 6.50. The van der Waals surface area contributed by atoms with Crippen LogP contribution in [-0.2, 0) is 6.54 Å². The van der Waals surface area contributed by atoms with Crippen molar-refractivity contribution in [2.24, 2.45) is 11.7 Å². The maximum Gasteiger partial charge on any atom is 0.110 e. The first-order valence-electron chi connectivity index (χ1n) is 8.49. The largest absolute Gasteiger partial charge is 0.342 e. The third-order valence-corrected chi connectivity index (χ3v) is 5.03. The van der Waals surface area contributed by atoms with E-state index in [-0.39, 0.29) is 0 Å². The second-order valence-corrected chi connectivity index (χ2v) is 6.50. The fourth-order valence-corrected chi connectivity index (χ4v) is 3.69. The smallest absolute Gasteiger partial charge is 0.110 e. The van der Waals surface area contributed by atoms with Crippen LogP contribution in [0.5, 0.6) is 0 Å². The average Bonchev–Trinajstić information content (AvgIpc) is 2.97. The van der Waals surface area contributed by atoms with Gasteiger partial charge in [-0.3, -0.25) is 0 Å². The Bertz CT molecular complexity index is 579. The van der Waals surface area contributed by atoms with E-state index < -0.39 is 0 Å². The van der Waals surface area contributed by atoms with Gasteiger partial charge in [-0.05, 0) is 43.2 Å². The molecule has 3 rings (SSSR count). The number of aromatic amines is 1. The van der Waals surface area contributed by atoms with Gasteiger partial charge in [0.1, 0.15) is 5.82 Å². The molecule has 1 aromatic carbocycles. The lowest BCUT2D eigenvalue weighted by atomic mass is 9.79. The third kappa shape index (κ3) is 3.13. The number of para-hydroxylation sites is 1. The summed E-state index contributed by atoms with van der Waals surface area (Å²) in [6.07, 6.45) is 9.43. The van der Waals surface area contributed by atoms with Gasteiger partial charge in [0, 0.05) is 12.5 Å². The molecule has 0 saturated heterocycles. The van der Waals surface area contributed by atoms with Gasteiger partial charge in [-0.1, -0.05) is 38.3 Å². The molecule has 0 unspecified atom stereocenters. The number of aromatic nitrogens is 2. The van der Waals surface area contributed by atoms with Gasteiger partial charge in [0.15, 0.2) is 0 Å². The second kappa shape index (κ2) is 6.61. The Morgan fingerprint density at radius 1 is 1.24 bits per heavy atom. The highest BCUT2D eigenvalue weighted by Crippen LogP contribution is 2.37. The van der Waals surface area contributed by atoms with Crippen molar-refractivity contribution in [2.45, 2.75) is 64.3 Å². The van der Waals surface area contributed by atoms with Gasteiger partial charge in [-0.25, -0.2) is 4.98 Å². The summed E-state index contributed by atoms with van der Waals surface area (Å²) in [5.74, 6) is 2.74. The van der Waals surface area contributed by atoms with E-state index in [1.807, 2.05) is 0 Å². The summed E-state index contributed by atoms with van der Waals surface area (Å²) in [4.78, 5) is 8.39. The van der Waals surface area contributed by atoms with E-state index in [1.54, 1.807) is 0 Å². The molecule has 1 aliphatic carbocycles. The number of hydrogen-bond acceptors (Lipinski definition) is 2. The molecule has 1 fully saturated rings. The van der Waals surface area contributed by atoms with E-state index in [4.69, 9.17) is 10.7 Å². The van der Waals surface area contributed by atoms with Crippen LogP contribution < -0.4 is 5.73 Å². The average molecular weight is 285 g/mol. The zero-order valence-corrected chi connectivity index (χ0v) is 13.1. The minimum absolute atomic E-state index is 0.561. The molecule has 114 valence electrons. The van der Waals surface area contributed by atoms with E-state index in [1.165, 1.54) is 50.8 Å². The summed E-state index contributed by atoms with van der Waals surface area (Å²) < 4.78 is 0. The van der Waals surface area contributed by atoms with Crippen molar-refractivity contribution >= 4 is 11.0 Å². The highest BCUT2D eigenvalue weighted by Gasteiger charge is 2.24. The molecule has 0 amide bonds. The van der Waals surface area contributed by atoms with Crippen molar-refractivity contribution in [1.29, 1.82) is 0 Å². The molecular weight excluding hydrogens is 258 g/mol. The number of fused-ring (bicyclic) bond motifs is 1. The fourth-order valence-electron chi connectivity index (χ4n) is 3.69. The number of hydrogen-bond donors (Lipinski definition) is 2. The number of rotatable bonds is 5. The van der Waals surface area contributed by atoms with E-state index in [9.17, 15) is 0 Å². The predicted octanol–water partition coefficient (Wildman–Crippen LogP) is 4.49. The molecule has 1 saturated carbocycles. The molecule has 3 N–H and O–H groups in total. The van der Waals surface area contributed by atoms with Crippen LogP contribution in [-0.4, -0.2) is 9.97 Å². The fraction of sp³-hybridized carbons (Fsp3) is 0.611. The van der Waals surface area contributed by atoms with Crippen molar-refractivity contribution in [1.82, 2.24) is 9.97 Å². The van der Waals surface area contributed by atoms with Gasteiger partial charge in [-0.15, -0.1) is 0 Å². The lowest BCUT2D eigenvalue weighted by Crippen LogP contribution is -2.14. The lowest BCUT2D eigenvalue weighted by Gasteiger charge is -2.27. The molecule has 0 atom stereocenters. The highest BCUT2D eigenvalue weighted by atomic mass is 14.9. The molecule has 1 aliphatic rings. The van der Waals surface area contributed by atoms with E-state index in [0.717, 1.165) is 22.5 Å². The number of nitrogens with zero attached hydrogens (tertiary/aromatic N) is 1. The number of unbranched alkanes of at least 4 members (excludes halogenated alkanes) is 1. The molecule has 1 heterocycles. The molecule has 0 spiro atoms. The molecule has 3 heteroatoms. The monoisotopic (exact) mass is 285 g/mol. The van der Waals surface area contributed by atoms with Crippen LogP contribution in [0.1, 0.15) is 69.2 Å². The van der Waals surface area contributed by atoms with Crippen LogP contribution in [0.4, 0.5) is 0 Å². The van der Waals surface area contributed by atoms with Crippen molar-refractivity contribution < 1.29 is 0 Å². The Labute approximate surface area is 127 Å². The molecular formula is C18H27N3. The van der Waals surface area contributed by atoms with Gasteiger partial charge in [0.25, 0.3) is 0 Å². The van der Waals surface area contributed by atoms with Crippen LogP contribution in [0.2, 0.25) is 0 Å². The number of nitrogens with two attached hydrogens (primary N) is 1. The van der Waals surface area contributed by atoms with Gasteiger partial charge in [0.2, 0.25) is 0 Å². The van der Waals surface area contributed by atoms with Crippen molar-refractivity contribution in [3.05, 3.63) is 29.6 Å². The summed E-state index contributed by atoms with van der Waals surface area (Å²) in [6.45, 7) is 2.85. The number of benzene rings is 1. The molecule has 21 heavy (non-hydrogen) atoms. The van der Waals surface area contributed by atoms with Crippen LogP contribution in [0, 0.1) is 5.92 Å². The molecule has 1 aromatic heterocycles. The zero-order chi connectivity index (χ0) is 14.7. The lowest BCUT2D eigenvalue weighted by molar-refractivity contribution is 0.299. The molecule has 2 aromatic rings. The Hall–Kier alpha value is -1.35. The Kier molecular flexibility index (Phi) is 4.59. The first-order chi connectivity index (χ1) is 10.3. The number of imidazole rings is 1. The summed E-state index contributed by atoms with van der Waals surface area (Å²) in [5.41, 5.74) is 9.17. The van der Waals surface area contributed by atoms with Gasteiger partial charge in [-0.2, -0.15) is 0 Å². The van der Waals surface area contributed by atoms with Gasteiger partial charge < -0.3 is 10.7 Å². The zero-order valence-electron chi connectivity index (χ0n) is 13.1. The molecule has 0 aliphatic heterocycles. The standard InChI is InChI=1S/C18H27N3/c1-2-3-5-13-8-10-14(11-9-13)18-20-16-7-4-6-15(12-19)17(16)21-18/h4,6-7,13-14H,2-3,5,8-12,19H2,1H3,(H,20,21). The summed E-state index contributed by atoms with van der Waals surface area (Å²) in [5, 5.41) is 0. The Morgan fingerprint density at radius 3 is 2.76 bits per heavy atom. The summed E-state index contributed by atoms with van der Waals surface area (Å²) in [7, 11) is 0. The van der Waals surface area contributed by atoms with Gasteiger partial charge in [0.05, 0.1) is 11.0 Å². The minimum atomic E-state index is 0.561. The number of H-pyrrole nitrogens is 1. The Morgan fingerprint density at radius 2 is 2.05 bits per heavy atom. The van der Waals surface area contributed by atoms with Crippen LogP contribution >= 0.6 is 0 Å². The third-order valence-electron chi connectivity index (χ3n) is 5.03. The van der Waals surface area contributed by atoms with Crippen molar-refractivity contribution in [2.75, 3.05) is 0 Å². The maximum atomic E-state index is 5.81. The van der Waals surface area contributed by atoms with Crippen molar-refractivity contribution in [3.8, 4) is 0 Å². The topological polar surface area (TPSA) is 54.7 Å². The molecule has 0 bridgehead atoms. The van der Waals surface area contributed by atoms with E-state index in [0.29, 0.717) is 12.5 Å². The van der Waals surface area contributed by atoms with Crippen molar-refractivity contribution in [3.63, 3.8) is 0 Å². The summed E-state index contributed by atoms with van der Waals surface area (Å²) >= 11 is 0. The van der Waals surface area contributed by atoms with E-state index >= 15 is 0 Å². The quantitative estimate of drug-likeness (QED) is 0.850.